The van der Waals surface area contributed by atoms with Crippen LogP contribution in [0.25, 0.3) is 0 Å². The third-order valence-corrected chi connectivity index (χ3v) is 5.04. The van der Waals surface area contributed by atoms with E-state index in [4.69, 9.17) is 24.4 Å². The first-order chi connectivity index (χ1) is 13.2. The van der Waals surface area contributed by atoms with Crippen molar-refractivity contribution in [1.29, 1.82) is 0 Å². The van der Waals surface area contributed by atoms with Crippen LogP contribution in [0.4, 0.5) is 5.95 Å². The summed E-state index contributed by atoms with van der Waals surface area (Å²) in [6, 6.07) is 0. The molecule has 3 N–H and O–H groups in total. The van der Waals surface area contributed by atoms with Crippen molar-refractivity contribution in [2.24, 2.45) is 0 Å². The van der Waals surface area contributed by atoms with E-state index in [2.05, 4.69) is 39.3 Å². The van der Waals surface area contributed by atoms with Crippen LogP contribution in [0.1, 0.15) is 96.8 Å². The largest absolute Gasteiger partial charge is 0.356 e. The Morgan fingerprint density at radius 3 is 1.89 bits per heavy atom. The molecular formula is C21H38KN4S2. The zero-order chi connectivity index (χ0) is 19.6. The summed E-state index contributed by atoms with van der Waals surface area (Å²) in [5.74, 6) is 0.663. The van der Waals surface area contributed by atoms with Gasteiger partial charge in [0.1, 0.15) is 0 Å². The molecule has 28 heavy (non-hydrogen) atoms. The third kappa shape index (κ3) is 17.5. The summed E-state index contributed by atoms with van der Waals surface area (Å²) in [6.45, 7) is 3.18. The summed E-state index contributed by atoms with van der Waals surface area (Å²) >= 11 is 10.1. The maximum atomic E-state index is 5.04. The minimum absolute atomic E-state index is 0. The number of allylic oxidation sites excluding steroid dienone is 2. The Morgan fingerprint density at radius 2 is 1.32 bits per heavy atom. The van der Waals surface area contributed by atoms with Crippen LogP contribution in [0, 0.1) is 9.54 Å². The van der Waals surface area contributed by atoms with Gasteiger partial charge in [0.25, 0.3) is 0 Å². The van der Waals surface area contributed by atoms with Crippen molar-refractivity contribution in [2.75, 3.05) is 11.9 Å². The molecule has 7 heteroatoms. The van der Waals surface area contributed by atoms with Crippen molar-refractivity contribution in [1.82, 2.24) is 15.0 Å². The van der Waals surface area contributed by atoms with Crippen molar-refractivity contribution in [3.05, 3.63) is 21.7 Å². The Labute approximate surface area is 224 Å². The summed E-state index contributed by atoms with van der Waals surface area (Å²) in [6.07, 6.45) is 23.3. The summed E-state index contributed by atoms with van der Waals surface area (Å²) < 4.78 is 0.931. The predicted octanol–water partition coefficient (Wildman–Crippen LogP) is 7.27. The molecule has 0 atom stereocenters. The van der Waals surface area contributed by atoms with Gasteiger partial charge in [0.15, 0.2) is 4.77 Å². The Kier molecular flexibility index (Phi) is 21.3. The van der Waals surface area contributed by atoms with Crippen LogP contribution in [0.2, 0.25) is 0 Å². The molecule has 155 valence electrons. The standard InChI is InChI=1S/C21H38N4S2.K/c1-2-3-4-5-6-7-8-9-10-11-12-13-14-15-16-17-18-22-19-23-20(26)25-21(27)24-19;/h9-10H,2-8,11-18H2,1H3,(H3,22,23,24,25,26,27);/b10-9-;. The van der Waals surface area contributed by atoms with Crippen LogP contribution in [0.15, 0.2) is 12.2 Å². The molecule has 1 aromatic heterocycles. The van der Waals surface area contributed by atoms with Crippen LogP contribution in [-0.2, 0) is 0 Å². The molecule has 0 aliphatic carbocycles. The van der Waals surface area contributed by atoms with E-state index in [1.807, 2.05) is 0 Å². The molecule has 0 aliphatic heterocycles. The zero-order valence-corrected chi connectivity index (χ0v) is 22.8. The van der Waals surface area contributed by atoms with Crippen LogP contribution in [0.3, 0.4) is 0 Å². The van der Waals surface area contributed by atoms with Crippen LogP contribution >= 0.6 is 24.4 Å². The maximum Gasteiger partial charge on any atom is 0.205 e. The first kappa shape index (κ1) is 28.6. The number of hydrogen-bond donors (Lipinski definition) is 3. The van der Waals surface area contributed by atoms with E-state index in [1.165, 1.54) is 83.5 Å². The average molecular weight is 450 g/mol. The predicted molar refractivity (Wildman–Crippen MR) is 128 cm³/mol. The minimum Gasteiger partial charge on any atom is -0.356 e. The van der Waals surface area contributed by atoms with Gasteiger partial charge >= 0.3 is 0 Å². The summed E-state index contributed by atoms with van der Waals surface area (Å²) in [5, 5.41) is 3.25. The minimum atomic E-state index is 0. The Morgan fingerprint density at radius 1 is 0.786 bits per heavy atom. The molecule has 1 heterocycles. The van der Waals surface area contributed by atoms with Crippen LogP contribution in [-0.4, -0.2) is 72.9 Å². The van der Waals surface area contributed by atoms with Gasteiger partial charge in [-0.2, -0.15) is 4.98 Å². The molecule has 0 aromatic carbocycles. The van der Waals surface area contributed by atoms with Gasteiger partial charge in [0.05, 0.1) is 0 Å². The molecule has 0 fully saturated rings. The number of H-pyrrole nitrogens is 2. The number of aromatic nitrogens is 3. The monoisotopic (exact) mass is 449 g/mol. The van der Waals surface area contributed by atoms with Crippen molar-refractivity contribution in [3.63, 3.8) is 0 Å². The number of aromatic amines is 2. The molecule has 1 aromatic rings. The van der Waals surface area contributed by atoms with Crippen molar-refractivity contribution < 1.29 is 0 Å². The van der Waals surface area contributed by atoms with E-state index < -0.39 is 0 Å². The first-order valence-electron chi connectivity index (χ1n) is 10.8. The molecule has 0 amide bonds. The van der Waals surface area contributed by atoms with Crippen LogP contribution in [0.5, 0.6) is 0 Å². The number of unbranched alkanes of at least 4 members (excludes halogenated alkanes) is 12. The fraction of sp³-hybridized carbons (Fsp3) is 0.762. The third-order valence-electron chi connectivity index (χ3n) is 4.65. The van der Waals surface area contributed by atoms with Gasteiger partial charge in [0.2, 0.25) is 10.7 Å². The molecule has 0 aliphatic rings. The number of rotatable bonds is 17. The number of hydrogen-bond acceptors (Lipinski definition) is 4. The summed E-state index contributed by atoms with van der Waals surface area (Å²) in [5.41, 5.74) is 0. The molecule has 1 rings (SSSR count). The molecule has 0 bridgehead atoms. The van der Waals surface area contributed by atoms with Gasteiger partial charge in [-0.15, -0.1) is 0 Å². The SMILES string of the molecule is CCCCCCCC/C=C\CCCCCCCCNc1nc(=S)[nH]c(=S)[nH]1.[K]. The quantitative estimate of drug-likeness (QED) is 0.101. The zero-order valence-electron chi connectivity index (χ0n) is 18.0. The van der Waals surface area contributed by atoms with E-state index in [9.17, 15) is 0 Å². The Balaban J connectivity index is 0.00000729. The number of nitrogens with one attached hydrogen (secondary N) is 3. The van der Waals surface area contributed by atoms with E-state index in [0.717, 1.165) is 13.0 Å². The second kappa shape index (κ2) is 20.9. The van der Waals surface area contributed by atoms with Crippen LogP contribution < -0.4 is 5.32 Å². The topological polar surface area (TPSA) is 56.5 Å². The van der Waals surface area contributed by atoms with Crippen molar-refractivity contribution in [3.8, 4) is 0 Å². The summed E-state index contributed by atoms with van der Waals surface area (Å²) in [4.78, 5) is 9.92. The number of nitrogens with zero attached hydrogens (tertiary/aromatic N) is 1. The van der Waals surface area contributed by atoms with Gasteiger partial charge in [-0.05, 0) is 56.5 Å². The van der Waals surface area contributed by atoms with E-state index >= 15 is 0 Å². The van der Waals surface area contributed by atoms with Gasteiger partial charge in [-0.25, -0.2) is 0 Å². The van der Waals surface area contributed by atoms with Gasteiger partial charge in [-0.3, -0.25) is 0 Å². The van der Waals surface area contributed by atoms with Gasteiger partial charge in [-0.1, -0.05) is 76.9 Å². The second-order valence-electron chi connectivity index (χ2n) is 7.21. The van der Waals surface area contributed by atoms with E-state index in [0.29, 0.717) is 15.5 Å². The second-order valence-corrected chi connectivity index (χ2v) is 8.00. The van der Waals surface area contributed by atoms with E-state index in [1.54, 1.807) is 0 Å². The molecule has 0 saturated carbocycles. The molecule has 0 saturated heterocycles. The first-order valence-corrected chi connectivity index (χ1v) is 11.6. The van der Waals surface area contributed by atoms with Crippen molar-refractivity contribution in [2.45, 2.75) is 96.8 Å². The van der Waals surface area contributed by atoms with E-state index in [-0.39, 0.29) is 51.4 Å². The molecule has 0 spiro atoms. The van der Waals surface area contributed by atoms with Gasteiger partial charge < -0.3 is 15.3 Å². The van der Waals surface area contributed by atoms with Crippen molar-refractivity contribution >= 4 is 81.8 Å². The van der Waals surface area contributed by atoms with Gasteiger partial charge in [0, 0.05) is 57.9 Å². The fourth-order valence-electron chi connectivity index (χ4n) is 3.06. The Bertz CT molecular complexity index is 585. The smallest absolute Gasteiger partial charge is 0.205 e. The molecular weight excluding hydrogens is 411 g/mol. The molecule has 0 unspecified atom stereocenters. The maximum absolute atomic E-state index is 5.04. The fourth-order valence-corrected chi connectivity index (χ4v) is 3.51. The Hall–Kier alpha value is 0.626. The molecule has 4 nitrogen and oxygen atoms in total. The normalized spacial score (nSPS) is 10.9. The number of anilines is 1. The molecule has 1 radical (unpaired) electrons. The summed E-state index contributed by atoms with van der Waals surface area (Å²) in [7, 11) is 0. The average Bonchev–Trinajstić information content (AvgIpc) is 2.63.